The highest BCUT2D eigenvalue weighted by Gasteiger charge is 2.28. The van der Waals surface area contributed by atoms with Gasteiger partial charge in [0.05, 0.1) is 6.61 Å². The number of hydrogen-bond acceptors (Lipinski definition) is 5. The van der Waals surface area contributed by atoms with Crippen LogP contribution in [-0.2, 0) is 16.1 Å². The van der Waals surface area contributed by atoms with E-state index in [-0.39, 0.29) is 6.61 Å². The smallest absolute Gasteiger partial charge is 0.408 e. The van der Waals surface area contributed by atoms with E-state index in [1.807, 2.05) is 11.4 Å². The van der Waals surface area contributed by atoms with Gasteiger partial charge in [-0.3, -0.25) is 0 Å². The minimum atomic E-state index is -1.62. The van der Waals surface area contributed by atoms with Gasteiger partial charge < -0.3 is 25.4 Å². The van der Waals surface area contributed by atoms with E-state index in [4.69, 9.17) is 14.9 Å². The van der Waals surface area contributed by atoms with Crippen LogP contribution < -0.4 is 5.32 Å². The third-order valence-corrected chi connectivity index (χ3v) is 2.32. The first-order chi connectivity index (χ1) is 9.04. The number of rotatable bonds is 6. The van der Waals surface area contributed by atoms with Gasteiger partial charge in [0.25, 0.3) is 0 Å². The van der Waals surface area contributed by atoms with Crippen LogP contribution in [0.4, 0.5) is 4.79 Å². The summed E-state index contributed by atoms with van der Waals surface area (Å²) in [7, 11) is 0. The molecule has 7 heteroatoms. The number of aliphatic hydroxyl groups is 2. The molecular formula is C12H15NO6. The van der Waals surface area contributed by atoms with Crippen LogP contribution in [-0.4, -0.2) is 46.1 Å². The van der Waals surface area contributed by atoms with Crippen molar-refractivity contribution in [2.24, 2.45) is 0 Å². The fourth-order valence-electron chi connectivity index (χ4n) is 1.32. The Morgan fingerprint density at radius 1 is 1.26 bits per heavy atom. The van der Waals surface area contributed by atoms with Gasteiger partial charge in [-0.15, -0.1) is 0 Å². The molecule has 0 aromatic heterocycles. The predicted molar refractivity (Wildman–Crippen MR) is 64.3 cm³/mol. The number of ether oxygens (including phenoxy) is 1. The molecule has 0 aliphatic carbocycles. The minimum absolute atomic E-state index is 0.0196. The van der Waals surface area contributed by atoms with Gasteiger partial charge in [-0.25, -0.2) is 9.59 Å². The summed E-state index contributed by atoms with van der Waals surface area (Å²) in [4.78, 5) is 22.1. The SMILES string of the molecule is O=C(N[C@@H](C(=O)O)[C@H](O)CO)OCc1ccccc1. The summed E-state index contributed by atoms with van der Waals surface area (Å²) in [6.45, 7) is -0.801. The van der Waals surface area contributed by atoms with Crippen LogP contribution in [0.15, 0.2) is 30.3 Å². The Morgan fingerprint density at radius 2 is 1.89 bits per heavy atom. The first kappa shape index (κ1) is 14.9. The van der Waals surface area contributed by atoms with Crippen molar-refractivity contribution in [1.82, 2.24) is 5.32 Å². The molecule has 2 atom stereocenters. The summed E-state index contributed by atoms with van der Waals surface area (Å²) in [5.41, 5.74) is 0.743. The molecule has 0 saturated carbocycles. The number of carbonyl (C=O) groups is 2. The fourth-order valence-corrected chi connectivity index (χ4v) is 1.32. The number of benzene rings is 1. The van der Waals surface area contributed by atoms with Crippen molar-refractivity contribution in [3.63, 3.8) is 0 Å². The number of carboxylic acid groups (broad SMARTS) is 1. The molecule has 1 aromatic carbocycles. The molecule has 0 saturated heterocycles. The van der Waals surface area contributed by atoms with Crippen molar-refractivity contribution < 1.29 is 29.6 Å². The van der Waals surface area contributed by atoms with Crippen molar-refractivity contribution in [1.29, 1.82) is 0 Å². The molecule has 1 amide bonds. The lowest BCUT2D eigenvalue weighted by molar-refractivity contribution is -0.143. The number of nitrogens with one attached hydrogen (secondary N) is 1. The van der Waals surface area contributed by atoms with Crippen LogP contribution in [0.5, 0.6) is 0 Å². The van der Waals surface area contributed by atoms with Crippen LogP contribution in [0.3, 0.4) is 0 Å². The van der Waals surface area contributed by atoms with E-state index in [1.165, 1.54) is 0 Å². The maximum atomic E-state index is 11.4. The van der Waals surface area contributed by atoms with Gasteiger partial charge in [-0.05, 0) is 5.56 Å². The van der Waals surface area contributed by atoms with Crippen molar-refractivity contribution in [3.8, 4) is 0 Å². The molecule has 0 aliphatic rings. The van der Waals surface area contributed by atoms with Gasteiger partial charge in [0, 0.05) is 0 Å². The van der Waals surface area contributed by atoms with Gasteiger partial charge in [0.2, 0.25) is 0 Å². The molecule has 7 nitrogen and oxygen atoms in total. The van der Waals surface area contributed by atoms with E-state index in [2.05, 4.69) is 0 Å². The Labute approximate surface area is 109 Å². The molecule has 1 aromatic rings. The maximum Gasteiger partial charge on any atom is 0.408 e. The first-order valence-electron chi connectivity index (χ1n) is 5.53. The summed E-state index contributed by atoms with van der Waals surface area (Å²) in [5, 5.41) is 28.6. The molecule has 0 fully saturated rings. The zero-order valence-corrected chi connectivity index (χ0v) is 10.0. The van der Waals surface area contributed by atoms with Crippen LogP contribution in [0.2, 0.25) is 0 Å². The number of aliphatic hydroxyl groups excluding tert-OH is 2. The Kier molecular flexibility index (Phi) is 5.77. The molecule has 0 bridgehead atoms. The fraction of sp³-hybridized carbons (Fsp3) is 0.333. The van der Waals surface area contributed by atoms with Gasteiger partial charge >= 0.3 is 12.1 Å². The number of amides is 1. The lowest BCUT2D eigenvalue weighted by atomic mass is 10.2. The monoisotopic (exact) mass is 269 g/mol. The summed E-state index contributed by atoms with van der Waals surface area (Å²) in [5.74, 6) is -1.46. The van der Waals surface area contributed by atoms with Crippen LogP contribution in [0, 0.1) is 0 Å². The van der Waals surface area contributed by atoms with Crippen LogP contribution in [0.1, 0.15) is 5.56 Å². The summed E-state index contributed by atoms with van der Waals surface area (Å²) >= 11 is 0. The molecule has 0 unspecified atom stereocenters. The molecule has 0 heterocycles. The number of carbonyl (C=O) groups excluding carboxylic acids is 1. The second kappa shape index (κ2) is 7.34. The van der Waals surface area contributed by atoms with Crippen LogP contribution >= 0.6 is 0 Å². The zero-order valence-electron chi connectivity index (χ0n) is 10.0. The van der Waals surface area contributed by atoms with Crippen molar-refractivity contribution in [2.45, 2.75) is 18.8 Å². The van der Waals surface area contributed by atoms with Gasteiger partial charge in [0.1, 0.15) is 12.7 Å². The Balaban J connectivity index is 2.47. The molecule has 104 valence electrons. The Hall–Kier alpha value is -2.12. The highest BCUT2D eigenvalue weighted by atomic mass is 16.5. The number of carboxylic acids is 1. The van der Waals surface area contributed by atoms with Gasteiger partial charge in [-0.1, -0.05) is 30.3 Å². The summed E-state index contributed by atoms with van der Waals surface area (Å²) in [6, 6.07) is 7.21. The molecule has 1 rings (SSSR count). The van der Waals surface area contributed by atoms with E-state index in [9.17, 15) is 14.7 Å². The molecular weight excluding hydrogens is 254 g/mol. The Morgan fingerprint density at radius 3 is 2.42 bits per heavy atom. The van der Waals surface area contributed by atoms with Gasteiger partial charge in [0.15, 0.2) is 6.04 Å². The number of aliphatic carboxylic acids is 1. The Bertz CT molecular complexity index is 421. The zero-order chi connectivity index (χ0) is 14.3. The summed E-state index contributed by atoms with van der Waals surface area (Å²) in [6.07, 6.45) is -2.58. The molecule has 0 radical (unpaired) electrons. The third kappa shape index (κ3) is 4.94. The molecule has 0 spiro atoms. The molecule has 4 N–H and O–H groups in total. The van der Waals surface area contributed by atoms with Gasteiger partial charge in [-0.2, -0.15) is 0 Å². The lowest BCUT2D eigenvalue weighted by Gasteiger charge is -2.18. The molecule has 19 heavy (non-hydrogen) atoms. The number of hydrogen-bond donors (Lipinski definition) is 4. The first-order valence-corrected chi connectivity index (χ1v) is 5.53. The largest absolute Gasteiger partial charge is 0.480 e. The highest BCUT2D eigenvalue weighted by molar-refractivity contribution is 5.80. The maximum absolute atomic E-state index is 11.4. The van der Waals surface area contributed by atoms with E-state index in [0.717, 1.165) is 5.56 Å². The third-order valence-electron chi connectivity index (χ3n) is 2.32. The topological polar surface area (TPSA) is 116 Å². The molecule has 0 aliphatic heterocycles. The minimum Gasteiger partial charge on any atom is -0.480 e. The quantitative estimate of drug-likeness (QED) is 0.564. The average Bonchev–Trinajstić information content (AvgIpc) is 2.42. The average molecular weight is 269 g/mol. The van der Waals surface area contributed by atoms with Crippen molar-refractivity contribution in [2.75, 3.05) is 6.61 Å². The normalized spacial score (nSPS) is 13.4. The lowest BCUT2D eigenvalue weighted by Crippen LogP contribution is -2.50. The van der Waals surface area contributed by atoms with E-state index in [1.54, 1.807) is 24.3 Å². The second-order valence-electron chi connectivity index (χ2n) is 3.77. The van der Waals surface area contributed by atoms with Crippen molar-refractivity contribution >= 4 is 12.1 Å². The van der Waals surface area contributed by atoms with E-state index < -0.39 is 30.8 Å². The highest BCUT2D eigenvalue weighted by Crippen LogP contribution is 2.01. The second-order valence-corrected chi connectivity index (χ2v) is 3.77. The summed E-state index contributed by atoms with van der Waals surface area (Å²) < 4.78 is 4.80. The van der Waals surface area contributed by atoms with Crippen LogP contribution in [0.25, 0.3) is 0 Å². The van der Waals surface area contributed by atoms with Crippen molar-refractivity contribution in [3.05, 3.63) is 35.9 Å². The standard InChI is InChI=1S/C12H15NO6/c14-6-9(15)10(11(16)17)13-12(18)19-7-8-4-2-1-3-5-8/h1-5,9-10,14-15H,6-7H2,(H,13,18)(H,16,17)/t9-,10-/m1/s1. The predicted octanol–water partition coefficient (Wildman–Crippen LogP) is -0.281. The number of alkyl carbamates (subject to hydrolysis) is 1. The van der Waals surface area contributed by atoms with E-state index >= 15 is 0 Å². The van der Waals surface area contributed by atoms with E-state index in [0.29, 0.717) is 0 Å².